The first-order chi connectivity index (χ1) is 11.5. The second-order valence-corrected chi connectivity index (χ2v) is 6.39. The van der Waals surface area contributed by atoms with E-state index in [-0.39, 0.29) is 12.0 Å². The van der Waals surface area contributed by atoms with E-state index in [1.54, 1.807) is 0 Å². The van der Waals surface area contributed by atoms with Crippen LogP contribution >= 0.6 is 0 Å². The van der Waals surface area contributed by atoms with E-state index < -0.39 is 0 Å². The maximum absolute atomic E-state index is 12.3. The number of nitrogens with one attached hydrogen (secondary N) is 1. The van der Waals surface area contributed by atoms with Crippen molar-refractivity contribution in [3.05, 3.63) is 53.0 Å². The van der Waals surface area contributed by atoms with Gasteiger partial charge >= 0.3 is 0 Å². The van der Waals surface area contributed by atoms with Crippen molar-refractivity contribution in [3.8, 4) is 0 Å². The number of hydrogen-bond acceptors (Lipinski definition) is 4. The van der Waals surface area contributed by atoms with Crippen LogP contribution in [0.15, 0.2) is 34.7 Å². The van der Waals surface area contributed by atoms with Crippen LogP contribution < -0.4 is 10.2 Å². The van der Waals surface area contributed by atoms with E-state index in [0.29, 0.717) is 12.1 Å². The molecule has 3 rings (SSSR count). The predicted octanol–water partition coefficient (Wildman–Crippen LogP) is 2.79. The van der Waals surface area contributed by atoms with Gasteiger partial charge in [0.25, 0.3) is 5.91 Å². The predicted molar refractivity (Wildman–Crippen MR) is 93.2 cm³/mol. The number of anilines is 1. The topological polar surface area (TPSA) is 65.7 Å². The van der Waals surface area contributed by atoms with Crippen molar-refractivity contribution in [1.29, 1.82) is 0 Å². The zero-order valence-corrected chi connectivity index (χ0v) is 14.2. The Bertz CT molecular complexity index is 698. The quantitative estimate of drug-likeness (QED) is 0.906. The van der Waals surface area contributed by atoms with Gasteiger partial charge in [-0.15, -0.1) is 0 Å². The van der Waals surface area contributed by atoms with Gasteiger partial charge in [-0.05, 0) is 57.0 Å². The molecule has 5 heteroatoms. The number of piperidine rings is 1. The van der Waals surface area contributed by atoms with E-state index in [2.05, 4.69) is 10.2 Å². The first kappa shape index (κ1) is 16.6. The van der Waals surface area contributed by atoms with E-state index in [0.717, 1.165) is 48.7 Å². The van der Waals surface area contributed by atoms with Crippen LogP contribution in [0.2, 0.25) is 0 Å². The molecular weight excluding hydrogens is 304 g/mol. The minimum atomic E-state index is -0.179. The van der Waals surface area contributed by atoms with Crippen LogP contribution in [-0.2, 0) is 6.54 Å². The van der Waals surface area contributed by atoms with Crippen LogP contribution in [0.4, 0.5) is 5.69 Å². The molecule has 24 heavy (non-hydrogen) atoms. The smallest absolute Gasteiger partial charge is 0.251 e. The second-order valence-electron chi connectivity index (χ2n) is 6.39. The number of benzene rings is 1. The third-order valence-corrected chi connectivity index (χ3v) is 4.54. The normalized spacial score (nSPS) is 15.5. The Morgan fingerprint density at radius 3 is 2.50 bits per heavy atom. The molecule has 1 fully saturated rings. The molecule has 2 N–H and O–H groups in total. The van der Waals surface area contributed by atoms with Gasteiger partial charge in [-0.2, -0.15) is 0 Å². The summed E-state index contributed by atoms with van der Waals surface area (Å²) in [5, 5.41) is 12.5. The second kappa shape index (κ2) is 7.09. The number of nitrogens with zero attached hydrogens (tertiary/aromatic N) is 1. The number of carbonyl (C=O) groups excluding carboxylic acids is 1. The van der Waals surface area contributed by atoms with Crippen LogP contribution in [0.5, 0.6) is 0 Å². The summed E-state index contributed by atoms with van der Waals surface area (Å²) in [6, 6.07) is 9.59. The highest BCUT2D eigenvalue weighted by Gasteiger charge is 2.17. The van der Waals surface area contributed by atoms with E-state index in [4.69, 9.17) is 4.42 Å². The molecule has 0 radical (unpaired) electrons. The van der Waals surface area contributed by atoms with E-state index in [9.17, 15) is 9.90 Å². The van der Waals surface area contributed by atoms with Crippen molar-refractivity contribution >= 4 is 11.6 Å². The summed E-state index contributed by atoms with van der Waals surface area (Å²) in [7, 11) is 0. The Labute approximate surface area is 142 Å². The average molecular weight is 328 g/mol. The monoisotopic (exact) mass is 328 g/mol. The lowest BCUT2D eigenvalue weighted by molar-refractivity contribution is 0.0951. The Morgan fingerprint density at radius 1 is 1.25 bits per heavy atom. The van der Waals surface area contributed by atoms with Gasteiger partial charge in [0.05, 0.1) is 6.10 Å². The standard InChI is InChI=1S/C19H24N2O3/c1-13-11-16(14(2)24-13)12-20-19(23)15-3-5-17(6-4-15)21-9-7-18(22)8-10-21/h3-6,11,18,22H,7-10,12H2,1-2H3,(H,20,23). The molecule has 1 aliphatic rings. The third kappa shape index (κ3) is 3.79. The van der Waals surface area contributed by atoms with E-state index in [1.165, 1.54) is 0 Å². The summed E-state index contributed by atoms with van der Waals surface area (Å²) in [4.78, 5) is 14.5. The molecular formula is C19H24N2O3. The van der Waals surface area contributed by atoms with Gasteiger partial charge in [-0.1, -0.05) is 0 Å². The summed E-state index contributed by atoms with van der Waals surface area (Å²) in [5.41, 5.74) is 2.75. The largest absolute Gasteiger partial charge is 0.466 e. The van der Waals surface area contributed by atoms with Crippen molar-refractivity contribution in [1.82, 2.24) is 5.32 Å². The number of hydrogen-bond donors (Lipinski definition) is 2. The highest BCUT2D eigenvalue weighted by atomic mass is 16.3. The van der Waals surface area contributed by atoms with Gasteiger partial charge in [-0.3, -0.25) is 4.79 Å². The Hall–Kier alpha value is -2.27. The third-order valence-electron chi connectivity index (χ3n) is 4.54. The summed E-state index contributed by atoms with van der Waals surface area (Å²) in [6.07, 6.45) is 1.42. The fourth-order valence-electron chi connectivity index (χ4n) is 3.08. The zero-order chi connectivity index (χ0) is 17.1. The van der Waals surface area contributed by atoms with Crippen molar-refractivity contribution < 1.29 is 14.3 Å². The Balaban J connectivity index is 1.58. The van der Waals surface area contributed by atoms with Crippen molar-refractivity contribution in [2.75, 3.05) is 18.0 Å². The molecule has 2 heterocycles. The van der Waals surface area contributed by atoms with Crippen molar-refractivity contribution in [3.63, 3.8) is 0 Å². The molecule has 1 amide bonds. The summed E-state index contributed by atoms with van der Waals surface area (Å²) in [6.45, 7) is 5.97. The minimum Gasteiger partial charge on any atom is -0.466 e. The summed E-state index contributed by atoms with van der Waals surface area (Å²) >= 11 is 0. The molecule has 128 valence electrons. The summed E-state index contributed by atoms with van der Waals surface area (Å²) < 4.78 is 5.47. The summed E-state index contributed by atoms with van der Waals surface area (Å²) in [5.74, 6) is 1.61. The van der Waals surface area contributed by atoms with Crippen LogP contribution in [0.3, 0.4) is 0 Å². The van der Waals surface area contributed by atoms with Crippen LogP contribution in [0.1, 0.15) is 40.3 Å². The van der Waals surface area contributed by atoms with Gasteiger partial charge in [0.15, 0.2) is 0 Å². The molecule has 0 atom stereocenters. The first-order valence-corrected chi connectivity index (χ1v) is 8.40. The molecule has 0 spiro atoms. The number of aliphatic hydroxyl groups excluding tert-OH is 1. The van der Waals surface area contributed by atoms with Gasteiger partial charge in [0.1, 0.15) is 11.5 Å². The van der Waals surface area contributed by atoms with E-state index in [1.807, 2.05) is 44.2 Å². The van der Waals surface area contributed by atoms with Crippen LogP contribution in [0, 0.1) is 13.8 Å². The van der Waals surface area contributed by atoms with E-state index >= 15 is 0 Å². The van der Waals surface area contributed by atoms with Gasteiger partial charge in [-0.25, -0.2) is 0 Å². The lowest BCUT2D eigenvalue weighted by atomic mass is 10.1. The molecule has 1 aromatic carbocycles. The van der Waals surface area contributed by atoms with Crippen molar-refractivity contribution in [2.45, 2.75) is 39.3 Å². The lowest BCUT2D eigenvalue weighted by Crippen LogP contribution is -2.35. The number of amides is 1. The highest BCUT2D eigenvalue weighted by molar-refractivity contribution is 5.94. The Kier molecular flexibility index (Phi) is 4.90. The lowest BCUT2D eigenvalue weighted by Gasteiger charge is -2.31. The van der Waals surface area contributed by atoms with Crippen LogP contribution in [-0.4, -0.2) is 30.2 Å². The number of aliphatic hydroxyl groups is 1. The molecule has 0 saturated carbocycles. The molecule has 1 saturated heterocycles. The number of carbonyl (C=O) groups is 1. The molecule has 0 aliphatic carbocycles. The maximum Gasteiger partial charge on any atom is 0.251 e. The number of aryl methyl sites for hydroxylation is 2. The minimum absolute atomic E-state index is 0.0890. The molecule has 1 aromatic heterocycles. The van der Waals surface area contributed by atoms with Gasteiger partial charge in [0.2, 0.25) is 0 Å². The molecule has 1 aliphatic heterocycles. The van der Waals surface area contributed by atoms with Gasteiger partial charge < -0.3 is 19.7 Å². The molecule has 0 unspecified atom stereocenters. The SMILES string of the molecule is Cc1cc(CNC(=O)c2ccc(N3CCC(O)CC3)cc2)c(C)o1. The molecule has 2 aromatic rings. The van der Waals surface area contributed by atoms with Gasteiger partial charge in [0, 0.05) is 36.4 Å². The molecule has 5 nitrogen and oxygen atoms in total. The zero-order valence-electron chi connectivity index (χ0n) is 14.2. The van der Waals surface area contributed by atoms with Crippen molar-refractivity contribution in [2.24, 2.45) is 0 Å². The molecule has 0 bridgehead atoms. The highest BCUT2D eigenvalue weighted by Crippen LogP contribution is 2.20. The maximum atomic E-state index is 12.3. The fourth-order valence-corrected chi connectivity index (χ4v) is 3.08. The average Bonchev–Trinajstić information content (AvgIpc) is 2.91. The first-order valence-electron chi connectivity index (χ1n) is 8.40. The Morgan fingerprint density at radius 2 is 1.92 bits per heavy atom. The fraction of sp³-hybridized carbons (Fsp3) is 0.421. The number of rotatable bonds is 4. The number of furan rings is 1. The van der Waals surface area contributed by atoms with Crippen LogP contribution in [0.25, 0.3) is 0 Å².